The molecule has 0 unspecified atom stereocenters. The minimum Gasteiger partial charge on any atom is -0.290 e. The van der Waals surface area contributed by atoms with Crippen LogP contribution >= 0.6 is 23.2 Å². The summed E-state index contributed by atoms with van der Waals surface area (Å²) in [6.45, 7) is 2.17. The van der Waals surface area contributed by atoms with Crippen molar-refractivity contribution in [1.82, 2.24) is 5.43 Å². The number of carbonyl (C=O) groups is 1. The maximum absolute atomic E-state index is 12.9. The number of hydrazine groups is 1. The van der Waals surface area contributed by atoms with Crippen molar-refractivity contribution in [3.8, 4) is 0 Å². The number of hydrogen-bond donors (Lipinski definition) is 2. The Bertz CT molecular complexity index is 351. The Hall–Kier alpha value is -0.840. The molecule has 102 valence electrons. The van der Waals surface area contributed by atoms with Gasteiger partial charge in [-0.1, -0.05) is 37.4 Å². The molecule has 0 fully saturated rings. The van der Waals surface area contributed by atoms with Crippen molar-refractivity contribution >= 4 is 29.1 Å². The highest BCUT2D eigenvalue weighted by atomic mass is 35.5. The second kappa shape index (κ2) is 10.1. The summed E-state index contributed by atoms with van der Waals surface area (Å²) in [5.74, 6) is 4.22. The smallest absolute Gasteiger partial charge is 0.269 e. The van der Waals surface area contributed by atoms with Gasteiger partial charge in [-0.2, -0.15) is 0 Å². The number of benzene rings is 1. The molecule has 0 radical (unpaired) electrons. The van der Waals surface area contributed by atoms with Crippen molar-refractivity contribution < 1.29 is 9.18 Å². The van der Waals surface area contributed by atoms with Crippen molar-refractivity contribution in [2.24, 2.45) is 5.84 Å². The molecule has 0 aliphatic carbocycles. The van der Waals surface area contributed by atoms with Gasteiger partial charge in [-0.25, -0.2) is 10.2 Å². The molecule has 0 saturated carbocycles. The third-order valence-corrected chi connectivity index (χ3v) is 2.64. The Labute approximate surface area is 116 Å². The van der Waals surface area contributed by atoms with E-state index in [1.54, 1.807) is 5.43 Å². The standard InChI is InChI=1S/C7H6ClFN2O.C5H11Cl/c8-4-2-1-3-5(9)6(4)7(12)11-10;1-2-3-4-5-6/h1-3H,10H2,(H,11,12);2-5H2,1H3. The topological polar surface area (TPSA) is 55.1 Å². The number of nitrogens with two attached hydrogens (primary N) is 1. The SMILES string of the molecule is CCCCCCl.NNC(=O)c1c(F)cccc1Cl. The average Bonchev–Trinajstić information content (AvgIpc) is 2.36. The zero-order valence-electron chi connectivity index (χ0n) is 10.2. The van der Waals surface area contributed by atoms with E-state index in [1.807, 2.05) is 0 Å². The van der Waals surface area contributed by atoms with Gasteiger partial charge in [-0.05, 0) is 18.6 Å². The van der Waals surface area contributed by atoms with E-state index < -0.39 is 11.7 Å². The molecule has 0 aromatic heterocycles. The van der Waals surface area contributed by atoms with Crippen LogP contribution in [0, 0.1) is 5.82 Å². The normalized spacial score (nSPS) is 9.39. The first-order valence-electron chi connectivity index (χ1n) is 5.59. The number of alkyl halides is 1. The van der Waals surface area contributed by atoms with Gasteiger partial charge < -0.3 is 0 Å². The lowest BCUT2D eigenvalue weighted by Gasteiger charge is -2.02. The maximum Gasteiger partial charge on any atom is 0.269 e. The number of halogens is 3. The molecule has 3 nitrogen and oxygen atoms in total. The van der Waals surface area contributed by atoms with E-state index in [9.17, 15) is 9.18 Å². The third kappa shape index (κ3) is 6.19. The fourth-order valence-electron chi connectivity index (χ4n) is 1.13. The second-order valence-electron chi connectivity index (χ2n) is 3.47. The van der Waals surface area contributed by atoms with Crippen LogP contribution in [0.1, 0.15) is 36.5 Å². The first-order valence-corrected chi connectivity index (χ1v) is 6.50. The molecule has 1 aromatic carbocycles. The number of unbranched alkanes of at least 4 members (excludes halogenated alkanes) is 2. The molecule has 0 spiro atoms. The lowest BCUT2D eigenvalue weighted by atomic mass is 10.2. The first-order chi connectivity index (χ1) is 8.58. The predicted octanol–water partition coefficient (Wildman–Crippen LogP) is 3.50. The largest absolute Gasteiger partial charge is 0.290 e. The van der Waals surface area contributed by atoms with Crippen molar-refractivity contribution in [2.75, 3.05) is 5.88 Å². The average molecular weight is 295 g/mol. The highest BCUT2D eigenvalue weighted by Crippen LogP contribution is 2.18. The van der Waals surface area contributed by atoms with E-state index >= 15 is 0 Å². The number of nitrogen functional groups attached to an aromatic ring is 1. The van der Waals surface area contributed by atoms with Gasteiger partial charge in [0.1, 0.15) is 5.82 Å². The van der Waals surface area contributed by atoms with Crippen LogP contribution in [0.5, 0.6) is 0 Å². The van der Waals surface area contributed by atoms with Crippen LogP contribution in [0.25, 0.3) is 0 Å². The van der Waals surface area contributed by atoms with Crippen LogP contribution in [0.2, 0.25) is 5.02 Å². The van der Waals surface area contributed by atoms with Gasteiger partial charge in [0.2, 0.25) is 0 Å². The number of rotatable bonds is 4. The van der Waals surface area contributed by atoms with E-state index in [4.69, 9.17) is 29.0 Å². The molecule has 0 bridgehead atoms. The van der Waals surface area contributed by atoms with Gasteiger partial charge in [0.15, 0.2) is 0 Å². The molecule has 0 aliphatic heterocycles. The van der Waals surface area contributed by atoms with Crippen LogP contribution in [0.4, 0.5) is 4.39 Å². The Morgan fingerprint density at radius 1 is 1.44 bits per heavy atom. The van der Waals surface area contributed by atoms with Crippen LogP contribution in [-0.4, -0.2) is 11.8 Å². The monoisotopic (exact) mass is 294 g/mol. The van der Waals surface area contributed by atoms with E-state index in [0.29, 0.717) is 0 Å². The molecule has 1 rings (SSSR count). The second-order valence-corrected chi connectivity index (χ2v) is 4.25. The fourth-order valence-corrected chi connectivity index (χ4v) is 1.57. The molecule has 0 saturated heterocycles. The molecule has 18 heavy (non-hydrogen) atoms. The number of hydrogen-bond acceptors (Lipinski definition) is 2. The van der Waals surface area contributed by atoms with Crippen molar-refractivity contribution in [1.29, 1.82) is 0 Å². The summed E-state index contributed by atoms with van der Waals surface area (Å²) in [5.41, 5.74) is 1.56. The Morgan fingerprint density at radius 3 is 2.50 bits per heavy atom. The van der Waals surface area contributed by atoms with Gasteiger partial charge in [0.05, 0.1) is 10.6 Å². The summed E-state index contributed by atoms with van der Waals surface area (Å²) in [5, 5.41) is 0.0398. The first kappa shape index (κ1) is 17.2. The lowest BCUT2D eigenvalue weighted by molar-refractivity contribution is 0.0950. The van der Waals surface area contributed by atoms with E-state index in [-0.39, 0.29) is 10.6 Å². The predicted molar refractivity (Wildman–Crippen MR) is 73.3 cm³/mol. The van der Waals surface area contributed by atoms with E-state index in [2.05, 4.69) is 6.92 Å². The molecule has 6 heteroatoms. The fraction of sp³-hybridized carbons (Fsp3) is 0.417. The number of nitrogens with one attached hydrogen (secondary N) is 1. The molecular weight excluding hydrogens is 278 g/mol. The third-order valence-electron chi connectivity index (χ3n) is 2.06. The van der Waals surface area contributed by atoms with E-state index in [0.717, 1.165) is 11.9 Å². The molecule has 1 aromatic rings. The quantitative estimate of drug-likeness (QED) is 0.294. The summed E-state index contributed by atoms with van der Waals surface area (Å²) in [6, 6.07) is 3.95. The Kier molecular flexibility index (Phi) is 9.64. The van der Waals surface area contributed by atoms with Crippen LogP contribution in [0.3, 0.4) is 0 Å². The van der Waals surface area contributed by atoms with Gasteiger partial charge in [0.25, 0.3) is 5.91 Å². The Morgan fingerprint density at radius 2 is 2.11 bits per heavy atom. The minimum atomic E-state index is -0.738. The minimum absolute atomic E-state index is 0.0398. The zero-order chi connectivity index (χ0) is 14.0. The van der Waals surface area contributed by atoms with Gasteiger partial charge in [0, 0.05) is 5.88 Å². The molecule has 0 atom stereocenters. The summed E-state index contributed by atoms with van der Waals surface area (Å²) < 4.78 is 12.9. The van der Waals surface area contributed by atoms with Crippen LogP contribution < -0.4 is 11.3 Å². The maximum atomic E-state index is 12.9. The summed E-state index contributed by atoms with van der Waals surface area (Å²) in [6.07, 6.45) is 3.73. The van der Waals surface area contributed by atoms with Gasteiger partial charge >= 0.3 is 0 Å². The molecule has 3 N–H and O–H groups in total. The summed E-state index contributed by atoms with van der Waals surface area (Å²) >= 11 is 10.9. The Balaban J connectivity index is 0.000000411. The molecule has 0 aliphatic rings. The van der Waals surface area contributed by atoms with Gasteiger partial charge in [-0.15, -0.1) is 11.6 Å². The van der Waals surface area contributed by atoms with Crippen LogP contribution in [-0.2, 0) is 0 Å². The van der Waals surface area contributed by atoms with Crippen molar-refractivity contribution in [3.05, 3.63) is 34.6 Å². The van der Waals surface area contributed by atoms with Crippen molar-refractivity contribution in [2.45, 2.75) is 26.2 Å². The molecule has 1 amide bonds. The number of carbonyl (C=O) groups excluding carboxylic acids is 1. The van der Waals surface area contributed by atoms with Crippen LogP contribution in [0.15, 0.2) is 18.2 Å². The molecular formula is C12H17Cl2FN2O. The van der Waals surface area contributed by atoms with E-state index in [1.165, 1.54) is 31.4 Å². The zero-order valence-corrected chi connectivity index (χ0v) is 11.7. The lowest BCUT2D eigenvalue weighted by Crippen LogP contribution is -2.30. The highest BCUT2D eigenvalue weighted by Gasteiger charge is 2.13. The summed E-state index contributed by atoms with van der Waals surface area (Å²) in [7, 11) is 0. The molecule has 0 heterocycles. The summed E-state index contributed by atoms with van der Waals surface area (Å²) in [4.78, 5) is 10.9. The highest BCUT2D eigenvalue weighted by molar-refractivity contribution is 6.33. The van der Waals surface area contributed by atoms with Crippen molar-refractivity contribution in [3.63, 3.8) is 0 Å². The number of amides is 1. The van der Waals surface area contributed by atoms with Gasteiger partial charge in [-0.3, -0.25) is 10.2 Å².